The van der Waals surface area contributed by atoms with Crippen LogP contribution in [0, 0.1) is 0 Å². The minimum atomic E-state index is -0.229. The van der Waals surface area contributed by atoms with Crippen LogP contribution in [-0.2, 0) is 0 Å². The van der Waals surface area contributed by atoms with Gasteiger partial charge in [-0.15, -0.1) is 0 Å². The summed E-state index contributed by atoms with van der Waals surface area (Å²) in [4.78, 5) is 16.8. The van der Waals surface area contributed by atoms with Crippen molar-refractivity contribution in [1.82, 2.24) is 20.6 Å². The first-order valence-corrected chi connectivity index (χ1v) is 8.76. The number of benzene rings is 1. The summed E-state index contributed by atoms with van der Waals surface area (Å²) in [6.45, 7) is 4.06. The van der Waals surface area contributed by atoms with Crippen molar-refractivity contribution >= 4 is 5.91 Å². The number of rotatable bonds is 5. The lowest BCUT2D eigenvalue weighted by Crippen LogP contribution is -2.43. The molecule has 0 saturated heterocycles. The number of hydrogen-bond donors (Lipinski definition) is 1. The van der Waals surface area contributed by atoms with E-state index in [9.17, 15) is 4.79 Å². The highest BCUT2D eigenvalue weighted by molar-refractivity contribution is 5.93. The largest absolute Gasteiger partial charge is 0.355 e. The number of aromatic nitrogens is 3. The maximum Gasteiger partial charge on any atom is 0.273 e. The highest BCUT2D eigenvalue weighted by Crippen LogP contribution is 2.36. The molecule has 4 rings (SSSR count). The van der Waals surface area contributed by atoms with E-state index in [-0.39, 0.29) is 29.5 Å². The van der Waals surface area contributed by atoms with Gasteiger partial charge in [-0.2, -0.15) is 4.98 Å². The molecule has 0 radical (unpaired) electrons. The van der Waals surface area contributed by atoms with Gasteiger partial charge in [-0.25, -0.2) is 0 Å². The van der Waals surface area contributed by atoms with Crippen molar-refractivity contribution in [2.75, 3.05) is 0 Å². The van der Waals surface area contributed by atoms with Crippen molar-refractivity contribution in [3.63, 3.8) is 0 Å². The first-order valence-electron chi connectivity index (χ1n) is 8.76. The molecule has 0 atom stereocenters. The SMILES string of the molecule is CC(C)c1noc(C2CC(NC(=O)c3cc(-c4ccccc4)on3)C2)n1. The van der Waals surface area contributed by atoms with E-state index in [1.54, 1.807) is 6.07 Å². The summed E-state index contributed by atoms with van der Waals surface area (Å²) in [7, 11) is 0. The molecule has 1 aliphatic carbocycles. The minimum Gasteiger partial charge on any atom is -0.355 e. The van der Waals surface area contributed by atoms with Crippen molar-refractivity contribution in [2.24, 2.45) is 0 Å². The molecule has 0 spiro atoms. The van der Waals surface area contributed by atoms with E-state index in [0.29, 0.717) is 11.7 Å². The number of hydrogen-bond acceptors (Lipinski definition) is 6. The molecular formula is C19H20N4O3. The van der Waals surface area contributed by atoms with Gasteiger partial charge in [-0.1, -0.05) is 54.5 Å². The van der Waals surface area contributed by atoms with Gasteiger partial charge in [0.25, 0.3) is 5.91 Å². The molecule has 1 fully saturated rings. The third-order valence-electron chi connectivity index (χ3n) is 4.60. The van der Waals surface area contributed by atoms with Crippen LogP contribution in [0.25, 0.3) is 11.3 Å². The lowest BCUT2D eigenvalue weighted by atomic mass is 9.80. The third kappa shape index (κ3) is 3.24. The molecule has 7 nitrogen and oxygen atoms in total. The van der Waals surface area contributed by atoms with Gasteiger partial charge in [0, 0.05) is 29.5 Å². The van der Waals surface area contributed by atoms with Crippen LogP contribution in [0.15, 0.2) is 45.4 Å². The molecule has 2 aromatic heterocycles. The second-order valence-electron chi connectivity index (χ2n) is 6.93. The van der Waals surface area contributed by atoms with Gasteiger partial charge < -0.3 is 14.4 Å². The van der Waals surface area contributed by atoms with Gasteiger partial charge in [-0.05, 0) is 12.8 Å². The standard InChI is InChI=1S/C19H20N4O3/c1-11(2)17-21-19(26-23-17)13-8-14(9-13)20-18(24)15-10-16(25-22-15)12-6-4-3-5-7-12/h3-7,10-11,13-14H,8-9H2,1-2H3,(H,20,24). The number of amides is 1. The number of carbonyl (C=O) groups is 1. The summed E-state index contributed by atoms with van der Waals surface area (Å²) in [5.41, 5.74) is 1.17. The van der Waals surface area contributed by atoms with Crippen LogP contribution in [0.2, 0.25) is 0 Å². The number of carbonyl (C=O) groups excluding carboxylic acids is 1. The van der Waals surface area contributed by atoms with Gasteiger partial charge in [0.2, 0.25) is 5.89 Å². The molecule has 2 heterocycles. The quantitative estimate of drug-likeness (QED) is 0.755. The minimum absolute atomic E-state index is 0.0822. The van der Waals surface area contributed by atoms with E-state index >= 15 is 0 Å². The van der Waals surface area contributed by atoms with E-state index in [1.807, 2.05) is 44.2 Å². The normalized spacial score (nSPS) is 19.3. The fourth-order valence-electron chi connectivity index (χ4n) is 2.96. The molecule has 7 heteroatoms. The smallest absolute Gasteiger partial charge is 0.273 e. The zero-order valence-electron chi connectivity index (χ0n) is 14.7. The van der Waals surface area contributed by atoms with E-state index in [2.05, 4.69) is 20.6 Å². The summed E-state index contributed by atoms with van der Waals surface area (Å²) in [5, 5.41) is 10.8. The first-order chi connectivity index (χ1) is 12.6. The first kappa shape index (κ1) is 16.5. The van der Waals surface area contributed by atoms with Crippen LogP contribution in [0.4, 0.5) is 0 Å². The molecular weight excluding hydrogens is 332 g/mol. The maximum atomic E-state index is 12.3. The molecule has 1 saturated carbocycles. The highest BCUT2D eigenvalue weighted by atomic mass is 16.5. The molecule has 1 N–H and O–H groups in total. The molecule has 1 aliphatic rings. The Hall–Kier alpha value is -2.96. The Kier molecular flexibility index (Phi) is 4.28. The van der Waals surface area contributed by atoms with Gasteiger partial charge in [-0.3, -0.25) is 4.79 Å². The van der Waals surface area contributed by atoms with Gasteiger partial charge in [0.1, 0.15) is 0 Å². The summed E-state index contributed by atoms with van der Waals surface area (Å²) in [5.74, 6) is 2.18. The Morgan fingerprint density at radius 2 is 1.92 bits per heavy atom. The molecule has 1 aromatic carbocycles. The summed E-state index contributed by atoms with van der Waals surface area (Å²) >= 11 is 0. The van der Waals surface area contributed by atoms with Gasteiger partial charge >= 0.3 is 0 Å². The Bertz CT molecular complexity index is 894. The summed E-state index contributed by atoms with van der Waals surface area (Å²) < 4.78 is 10.6. The van der Waals surface area contributed by atoms with Crippen molar-refractivity contribution < 1.29 is 13.8 Å². The van der Waals surface area contributed by atoms with Crippen molar-refractivity contribution in [3.8, 4) is 11.3 Å². The third-order valence-corrected chi connectivity index (χ3v) is 4.60. The number of nitrogens with one attached hydrogen (secondary N) is 1. The second-order valence-corrected chi connectivity index (χ2v) is 6.93. The number of nitrogens with zero attached hydrogens (tertiary/aromatic N) is 3. The molecule has 134 valence electrons. The monoisotopic (exact) mass is 352 g/mol. The van der Waals surface area contributed by atoms with Crippen molar-refractivity contribution in [1.29, 1.82) is 0 Å². The van der Waals surface area contributed by atoms with Crippen LogP contribution in [0.3, 0.4) is 0 Å². The molecule has 3 aromatic rings. The highest BCUT2D eigenvalue weighted by Gasteiger charge is 2.36. The van der Waals surface area contributed by atoms with E-state index in [1.165, 1.54) is 0 Å². The predicted octanol–water partition coefficient (Wildman–Crippen LogP) is 3.52. The molecule has 0 bridgehead atoms. The summed E-state index contributed by atoms with van der Waals surface area (Å²) in [6, 6.07) is 11.3. The van der Waals surface area contributed by atoms with Crippen LogP contribution in [-0.4, -0.2) is 27.2 Å². The Balaban J connectivity index is 1.33. The van der Waals surface area contributed by atoms with Crippen LogP contribution >= 0.6 is 0 Å². The van der Waals surface area contributed by atoms with Crippen LogP contribution in [0.5, 0.6) is 0 Å². The van der Waals surface area contributed by atoms with Crippen LogP contribution in [0.1, 0.15) is 60.7 Å². The molecule has 1 amide bonds. The molecule has 26 heavy (non-hydrogen) atoms. The van der Waals surface area contributed by atoms with Crippen LogP contribution < -0.4 is 5.32 Å². The Morgan fingerprint density at radius 1 is 1.15 bits per heavy atom. The van der Waals surface area contributed by atoms with E-state index in [4.69, 9.17) is 9.05 Å². The molecule has 0 aliphatic heterocycles. The summed E-state index contributed by atoms with van der Waals surface area (Å²) in [6.07, 6.45) is 1.57. The average molecular weight is 352 g/mol. The second kappa shape index (κ2) is 6.74. The zero-order chi connectivity index (χ0) is 18.1. The van der Waals surface area contributed by atoms with Crippen molar-refractivity contribution in [2.45, 2.75) is 44.6 Å². The lowest BCUT2D eigenvalue weighted by molar-refractivity contribution is 0.0892. The maximum absolute atomic E-state index is 12.3. The fourth-order valence-corrected chi connectivity index (χ4v) is 2.96. The topological polar surface area (TPSA) is 94.1 Å². The van der Waals surface area contributed by atoms with Gasteiger partial charge in [0.15, 0.2) is 17.3 Å². The fraction of sp³-hybridized carbons (Fsp3) is 0.368. The molecule has 0 unspecified atom stereocenters. The average Bonchev–Trinajstić information content (AvgIpc) is 3.28. The zero-order valence-corrected chi connectivity index (χ0v) is 14.7. The predicted molar refractivity (Wildman–Crippen MR) is 93.6 cm³/mol. The lowest BCUT2D eigenvalue weighted by Gasteiger charge is -2.33. The Labute approximate surface area is 150 Å². The van der Waals surface area contributed by atoms with Crippen molar-refractivity contribution in [3.05, 3.63) is 53.8 Å². The van der Waals surface area contributed by atoms with E-state index in [0.717, 1.165) is 24.2 Å². The Morgan fingerprint density at radius 3 is 2.62 bits per heavy atom. The van der Waals surface area contributed by atoms with E-state index < -0.39 is 0 Å². The van der Waals surface area contributed by atoms with Gasteiger partial charge in [0.05, 0.1) is 0 Å².